The molecule has 0 aromatic carbocycles. The van der Waals surface area contributed by atoms with Crippen LogP contribution in [0.5, 0.6) is 0 Å². The van der Waals surface area contributed by atoms with E-state index >= 15 is 0 Å². The molecular formula is C18H24N8O. The van der Waals surface area contributed by atoms with Crippen molar-refractivity contribution >= 4 is 11.7 Å². The molecular weight excluding hydrogens is 344 g/mol. The van der Waals surface area contributed by atoms with Gasteiger partial charge in [-0.3, -0.25) is 9.36 Å². The quantitative estimate of drug-likeness (QED) is 0.563. The van der Waals surface area contributed by atoms with Gasteiger partial charge in [0.2, 0.25) is 11.9 Å². The van der Waals surface area contributed by atoms with Gasteiger partial charge in [-0.2, -0.15) is 19.6 Å². The fourth-order valence-electron chi connectivity index (χ4n) is 2.86. The molecule has 0 aliphatic rings. The van der Waals surface area contributed by atoms with Gasteiger partial charge < -0.3 is 4.90 Å². The fourth-order valence-corrected chi connectivity index (χ4v) is 2.86. The molecule has 0 N–H and O–H groups in total. The van der Waals surface area contributed by atoms with E-state index in [1.165, 1.54) is 11.6 Å². The zero-order valence-electron chi connectivity index (χ0n) is 16.1. The summed E-state index contributed by atoms with van der Waals surface area (Å²) in [6, 6.07) is 3.82. The topological polar surface area (TPSA) is 94.6 Å². The van der Waals surface area contributed by atoms with Crippen LogP contribution in [-0.4, -0.2) is 53.4 Å². The first-order valence-electron chi connectivity index (χ1n) is 9.13. The molecule has 0 amide bonds. The maximum Gasteiger partial charge on any atom is 0.258 e. The van der Waals surface area contributed by atoms with Crippen LogP contribution in [0.1, 0.15) is 49.8 Å². The Bertz CT molecular complexity index is 910. The zero-order valence-corrected chi connectivity index (χ0v) is 16.1. The summed E-state index contributed by atoms with van der Waals surface area (Å²) in [5.41, 5.74) is 0.925. The van der Waals surface area contributed by atoms with Gasteiger partial charge in [-0.15, -0.1) is 5.10 Å². The smallest absolute Gasteiger partial charge is 0.258 e. The number of hydrogen-bond donors (Lipinski definition) is 0. The number of carbonyl (C=O) groups excluding carboxylic acids is 1. The molecule has 27 heavy (non-hydrogen) atoms. The van der Waals surface area contributed by atoms with E-state index in [9.17, 15) is 4.79 Å². The monoisotopic (exact) mass is 368 g/mol. The molecule has 0 spiro atoms. The van der Waals surface area contributed by atoms with Crippen molar-refractivity contribution in [3.63, 3.8) is 0 Å². The third-order valence-electron chi connectivity index (χ3n) is 4.12. The Morgan fingerprint density at radius 2 is 1.67 bits per heavy atom. The van der Waals surface area contributed by atoms with Crippen molar-refractivity contribution in [2.24, 2.45) is 0 Å². The van der Waals surface area contributed by atoms with Gasteiger partial charge in [0, 0.05) is 32.4 Å². The maximum atomic E-state index is 11.7. The van der Waals surface area contributed by atoms with Gasteiger partial charge in [-0.05, 0) is 31.9 Å². The SMILES string of the molecule is CCCN(CCC)c1nc(-n2cccc2)nc(-n2nnc(C(C)=O)c2C)n1. The van der Waals surface area contributed by atoms with Crippen LogP contribution < -0.4 is 4.90 Å². The van der Waals surface area contributed by atoms with E-state index in [1.807, 2.05) is 29.1 Å². The number of anilines is 1. The Labute approximate surface area is 158 Å². The van der Waals surface area contributed by atoms with Crippen molar-refractivity contribution < 1.29 is 4.79 Å². The number of Topliss-reactive ketones (excluding diaryl/α,β-unsaturated/α-hetero) is 1. The summed E-state index contributed by atoms with van der Waals surface area (Å²) in [6.45, 7) is 9.19. The Hall–Kier alpha value is -3.10. The Kier molecular flexibility index (Phi) is 5.58. The van der Waals surface area contributed by atoms with Crippen LogP contribution in [0.15, 0.2) is 24.5 Å². The molecule has 3 rings (SSSR count). The van der Waals surface area contributed by atoms with Crippen LogP contribution in [0.2, 0.25) is 0 Å². The lowest BCUT2D eigenvalue weighted by Gasteiger charge is -2.22. The predicted octanol–water partition coefficient (Wildman–Crippen LogP) is 2.38. The maximum absolute atomic E-state index is 11.7. The van der Waals surface area contributed by atoms with Crippen molar-refractivity contribution in [3.8, 4) is 11.9 Å². The number of nitrogens with zero attached hydrogens (tertiary/aromatic N) is 8. The largest absolute Gasteiger partial charge is 0.341 e. The van der Waals surface area contributed by atoms with Crippen LogP contribution in [0.25, 0.3) is 11.9 Å². The standard InChI is InChI=1S/C18H24N8O/c1-5-9-24(10-6-2)16-19-17(25-11-7-8-12-25)21-18(20-16)26-13(3)15(14(4)27)22-23-26/h7-8,11-12H,5-6,9-10H2,1-4H3. The second-order valence-electron chi connectivity index (χ2n) is 6.30. The third-order valence-corrected chi connectivity index (χ3v) is 4.12. The van der Waals surface area contributed by atoms with Crippen molar-refractivity contribution in [1.29, 1.82) is 0 Å². The molecule has 3 heterocycles. The summed E-state index contributed by atoms with van der Waals surface area (Å²) in [4.78, 5) is 27.7. The highest BCUT2D eigenvalue weighted by molar-refractivity contribution is 5.93. The normalized spacial score (nSPS) is 11.0. The first kappa shape index (κ1) is 18.7. The van der Waals surface area contributed by atoms with Gasteiger partial charge in [-0.1, -0.05) is 19.1 Å². The second kappa shape index (κ2) is 8.07. The molecule has 0 fully saturated rings. The summed E-state index contributed by atoms with van der Waals surface area (Å²) in [5, 5.41) is 8.06. The highest BCUT2D eigenvalue weighted by Crippen LogP contribution is 2.16. The van der Waals surface area contributed by atoms with Crippen LogP contribution in [0.3, 0.4) is 0 Å². The molecule has 0 atom stereocenters. The summed E-state index contributed by atoms with van der Waals surface area (Å²) < 4.78 is 3.31. The van der Waals surface area contributed by atoms with Gasteiger partial charge in [-0.25, -0.2) is 0 Å². The minimum absolute atomic E-state index is 0.141. The van der Waals surface area contributed by atoms with E-state index in [2.05, 4.69) is 44.0 Å². The van der Waals surface area contributed by atoms with E-state index in [0.29, 0.717) is 29.2 Å². The summed E-state index contributed by atoms with van der Waals surface area (Å²) in [7, 11) is 0. The van der Waals surface area contributed by atoms with E-state index in [1.54, 1.807) is 6.92 Å². The Balaban J connectivity index is 2.14. The molecule has 9 nitrogen and oxygen atoms in total. The van der Waals surface area contributed by atoms with E-state index < -0.39 is 0 Å². The lowest BCUT2D eigenvalue weighted by Crippen LogP contribution is -2.28. The minimum Gasteiger partial charge on any atom is -0.341 e. The Morgan fingerprint density at radius 3 is 2.22 bits per heavy atom. The van der Waals surface area contributed by atoms with Gasteiger partial charge in [0.15, 0.2) is 11.5 Å². The van der Waals surface area contributed by atoms with Crippen LogP contribution >= 0.6 is 0 Å². The third kappa shape index (κ3) is 3.86. The van der Waals surface area contributed by atoms with Gasteiger partial charge in [0.1, 0.15) is 0 Å². The number of hydrogen-bond acceptors (Lipinski definition) is 7. The van der Waals surface area contributed by atoms with Crippen molar-refractivity contribution in [2.45, 2.75) is 40.5 Å². The molecule has 0 aliphatic heterocycles. The molecule has 3 aromatic rings. The molecule has 9 heteroatoms. The van der Waals surface area contributed by atoms with Crippen molar-refractivity contribution in [1.82, 2.24) is 34.5 Å². The summed E-state index contributed by atoms with van der Waals surface area (Å²) >= 11 is 0. The highest BCUT2D eigenvalue weighted by atomic mass is 16.1. The van der Waals surface area contributed by atoms with E-state index in [-0.39, 0.29) is 5.78 Å². The molecule has 0 radical (unpaired) electrons. The van der Waals surface area contributed by atoms with Gasteiger partial charge >= 0.3 is 0 Å². The molecule has 0 saturated carbocycles. The fraction of sp³-hybridized carbons (Fsp3) is 0.444. The zero-order chi connectivity index (χ0) is 19.4. The first-order chi connectivity index (χ1) is 13.0. The molecule has 0 bridgehead atoms. The van der Waals surface area contributed by atoms with E-state index in [4.69, 9.17) is 0 Å². The van der Waals surface area contributed by atoms with Crippen molar-refractivity contribution in [3.05, 3.63) is 35.9 Å². The van der Waals surface area contributed by atoms with E-state index in [0.717, 1.165) is 25.9 Å². The van der Waals surface area contributed by atoms with Gasteiger partial charge in [0.25, 0.3) is 5.95 Å². The first-order valence-corrected chi connectivity index (χ1v) is 9.13. The van der Waals surface area contributed by atoms with Crippen LogP contribution in [-0.2, 0) is 0 Å². The molecule has 3 aromatic heterocycles. The predicted molar refractivity (Wildman–Crippen MR) is 102 cm³/mol. The average molecular weight is 368 g/mol. The molecule has 142 valence electrons. The molecule has 0 aliphatic carbocycles. The summed E-state index contributed by atoms with van der Waals surface area (Å²) in [6.07, 6.45) is 5.72. The molecule has 0 saturated heterocycles. The number of aromatic nitrogens is 7. The lowest BCUT2D eigenvalue weighted by atomic mass is 10.2. The summed E-state index contributed by atoms with van der Waals surface area (Å²) in [5.74, 6) is 1.29. The highest BCUT2D eigenvalue weighted by Gasteiger charge is 2.19. The number of rotatable bonds is 8. The minimum atomic E-state index is -0.141. The number of ketones is 1. The molecule has 0 unspecified atom stereocenters. The Morgan fingerprint density at radius 1 is 1.04 bits per heavy atom. The van der Waals surface area contributed by atoms with Gasteiger partial charge in [0.05, 0.1) is 5.69 Å². The average Bonchev–Trinajstić information content (AvgIpc) is 3.31. The second-order valence-corrected chi connectivity index (χ2v) is 6.30. The lowest BCUT2D eigenvalue weighted by molar-refractivity contribution is 0.101. The van der Waals surface area contributed by atoms with Crippen LogP contribution in [0, 0.1) is 6.92 Å². The van der Waals surface area contributed by atoms with Crippen LogP contribution in [0.4, 0.5) is 5.95 Å². The number of carbonyl (C=O) groups is 1. The van der Waals surface area contributed by atoms with Crippen molar-refractivity contribution in [2.75, 3.05) is 18.0 Å².